The fourth-order valence-corrected chi connectivity index (χ4v) is 3.83. The summed E-state index contributed by atoms with van der Waals surface area (Å²) >= 11 is 5.94. The number of sulfonamides is 1. The molecule has 0 unspecified atom stereocenters. The second-order valence-electron chi connectivity index (χ2n) is 5.08. The van der Waals surface area contributed by atoms with Gasteiger partial charge in [0, 0.05) is 6.20 Å². The zero-order valence-corrected chi connectivity index (χ0v) is 12.9. The molecule has 0 fully saturated rings. The summed E-state index contributed by atoms with van der Waals surface area (Å²) in [4.78, 5) is 4.21. The smallest absolute Gasteiger partial charge is 0.262 e. The molecule has 0 spiro atoms. The van der Waals surface area contributed by atoms with Gasteiger partial charge in [-0.15, -0.1) is 0 Å². The Labute approximate surface area is 129 Å². The normalized spacial score (nSPS) is 14.5. The van der Waals surface area contributed by atoms with Crippen LogP contribution in [0.25, 0.3) is 0 Å². The maximum Gasteiger partial charge on any atom is 0.263 e. The van der Waals surface area contributed by atoms with Gasteiger partial charge in [-0.2, -0.15) is 0 Å². The van der Waals surface area contributed by atoms with E-state index in [4.69, 9.17) is 11.6 Å². The molecular weight excluding hydrogens is 308 g/mol. The molecule has 0 radical (unpaired) electrons. The number of nitrogens with one attached hydrogen (secondary N) is 1. The lowest BCUT2D eigenvalue weighted by atomic mass is 9.92. The Hall–Kier alpha value is -1.59. The van der Waals surface area contributed by atoms with Gasteiger partial charge in [0.25, 0.3) is 10.0 Å². The number of hydrogen-bond acceptors (Lipinski definition) is 3. The quantitative estimate of drug-likeness (QED) is 0.942. The van der Waals surface area contributed by atoms with Crippen LogP contribution in [0, 0.1) is 0 Å². The average Bonchev–Trinajstić information content (AvgIpc) is 2.49. The molecule has 0 amide bonds. The molecule has 1 aliphatic carbocycles. The predicted molar refractivity (Wildman–Crippen MR) is 83.1 cm³/mol. The van der Waals surface area contributed by atoms with Crippen LogP contribution in [0.2, 0.25) is 5.02 Å². The Balaban J connectivity index is 1.93. The third kappa shape index (κ3) is 3.04. The number of pyridine rings is 1. The minimum Gasteiger partial charge on any atom is -0.262 e. The van der Waals surface area contributed by atoms with Gasteiger partial charge < -0.3 is 0 Å². The lowest BCUT2D eigenvalue weighted by Gasteiger charge is -2.17. The summed E-state index contributed by atoms with van der Waals surface area (Å²) in [7, 11) is -3.67. The van der Waals surface area contributed by atoms with Crippen molar-refractivity contribution in [1.29, 1.82) is 0 Å². The van der Waals surface area contributed by atoms with Crippen LogP contribution in [0.15, 0.2) is 41.4 Å². The molecule has 0 atom stereocenters. The Kier molecular flexibility index (Phi) is 3.87. The van der Waals surface area contributed by atoms with Crippen LogP contribution < -0.4 is 4.72 Å². The van der Waals surface area contributed by atoms with Gasteiger partial charge in [-0.3, -0.25) is 4.72 Å². The molecule has 3 rings (SSSR count). The van der Waals surface area contributed by atoms with Gasteiger partial charge in [-0.05, 0) is 61.1 Å². The van der Waals surface area contributed by atoms with E-state index in [-0.39, 0.29) is 15.7 Å². The van der Waals surface area contributed by atoms with E-state index in [9.17, 15) is 8.42 Å². The van der Waals surface area contributed by atoms with E-state index in [2.05, 4.69) is 9.71 Å². The van der Waals surface area contributed by atoms with E-state index >= 15 is 0 Å². The van der Waals surface area contributed by atoms with Crippen molar-refractivity contribution in [2.24, 2.45) is 0 Å². The largest absolute Gasteiger partial charge is 0.263 e. The number of anilines is 1. The highest BCUT2D eigenvalue weighted by Gasteiger charge is 2.19. The van der Waals surface area contributed by atoms with Crippen LogP contribution in [-0.4, -0.2) is 13.4 Å². The van der Waals surface area contributed by atoms with Crippen LogP contribution in [0.3, 0.4) is 0 Å². The fraction of sp³-hybridized carbons (Fsp3) is 0.267. The Morgan fingerprint density at radius 1 is 1.10 bits per heavy atom. The van der Waals surface area contributed by atoms with Gasteiger partial charge in [0.1, 0.15) is 0 Å². The van der Waals surface area contributed by atoms with E-state index in [1.807, 2.05) is 6.07 Å². The summed E-state index contributed by atoms with van der Waals surface area (Å²) in [6.45, 7) is 0. The number of halogens is 1. The van der Waals surface area contributed by atoms with E-state index < -0.39 is 10.0 Å². The Morgan fingerprint density at radius 3 is 2.62 bits per heavy atom. The highest BCUT2D eigenvalue weighted by Crippen LogP contribution is 2.26. The lowest BCUT2D eigenvalue weighted by molar-refractivity contribution is 0.600. The van der Waals surface area contributed by atoms with Gasteiger partial charge in [0.2, 0.25) is 0 Å². The first-order chi connectivity index (χ1) is 10.1. The minimum absolute atomic E-state index is 0.150. The van der Waals surface area contributed by atoms with Crippen LogP contribution in [-0.2, 0) is 22.9 Å². The monoisotopic (exact) mass is 322 g/mol. The van der Waals surface area contributed by atoms with E-state index in [1.54, 1.807) is 24.3 Å². The molecule has 0 bridgehead atoms. The van der Waals surface area contributed by atoms with Crippen molar-refractivity contribution < 1.29 is 8.42 Å². The number of aryl methyl sites for hydroxylation is 2. The molecule has 6 heteroatoms. The molecule has 21 heavy (non-hydrogen) atoms. The second kappa shape index (κ2) is 5.66. The Bertz CT molecular complexity index is 775. The molecule has 2 aromatic rings. The molecule has 4 nitrogen and oxygen atoms in total. The van der Waals surface area contributed by atoms with Crippen molar-refractivity contribution in [3.05, 3.63) is 52.7 Å². The van der Waals surface area contributed by atoms with E-state index in [0.29, 0.717) is 0 Å². The third-order valence-corrected chi connectivity index (χ3v) is 5.26. The number of aromatic nitrogens is 1. The van der Waals surface area contributed by atoms with Crippen molar-refractivity contribution in [3.63, 3.8) is 0 Å². The topological polar surface area (TPSA) is 59.1 Å². The third-order valence-electron chi connectivity index (χ3n) is 3.62. The van der Waals surface area contributed by atoms with E-state index in [0.717, 1.165) is 24.8 Å². The molecule has 1 aliphatic rings. The van der Waals surface area contributed by atoms with Gasteiger partial charge >= 0.3 is 0 Å². The molecule has 110 valence electrons. The first-order valence-electron chi connectivity index (χ1n) is 6.81. The molecule has 1 aromatic carbocycles. The summed E-state index contributed by atoms with van der Waals surface area (Å²) in [6, 6.07) is 8.55. The fourth-order valence-electron chi connectivity index (χ4n) is 2.52. The van der Waals surface area contributed by atoms with Crippen molar-refractivity contribution in [3.8, 4) is 0 Å². The molecule has 0 aliphatic heterocycles. The maximum absolute atomic E-state index is 12.4. The molecule has 1 aromatic heterocycles. The van der Waals surface area contributed by atoms with E-state index in [1.165, 1.54) is 18.2 Å². The summed E-state index contributed by atoms with van der Waals surface area (Å²) in [5.41, 5.74) is 2.37. The standard InChI is InChI=1S/C15H15ClN2O2S/c16-14-6-3-9-17-15(14)18-21(19,20)13-8-7-11-4-1-2-5-12(11)10-13/h3,6-10H,1-2,4-5H2,(H,17,18). The van der Waals surface area contributed by atoms with Crippen LogP contribution in [0.5, 0.6) is 0 Å². The summed E-state index contributed by atoms with van der Waals surface area (Å²) in [6.07, 6.45) is 5.73. The van der Waals surface area contributed by atoms with Gasteiger partial charge in [-0.25, -0.2) is 13.4 Å². The highest BCUT2D eigenvalue weighted by molar-refractivity contribution is 7.92. The minimum atomic E-state index is -3.67. The summed E-state index contributed by atoms with van der Waals surface area (Å²) < 4.78 is 27.3. The number of benzene rings is 1. The first kappa shape index (κ1) is 14.4. The predicted octanol–water partition coefficient (Wildman–Crippen LogP) is 3.41. The molecule has 0 saturated heterocycles. The second-order valence-corrected chi connectivity index (χ2v) is 7.17. The van der Waals surface area contributed by atoms with Crippen molar-refractivity contribution >= 4 is 27.4 Å². The lowest BCUT2D eigenvalue weighted by Crippen LogP contribution is -2.15. The van der Waals surface area contributed by atoms with Crippen LogP contribution in [0.4, 0.5) is 5.82 Å². The average molecular weight is 323 g/mol. The van der Waals surface area contributed by atoms with Gasteiger partial charge in [0.15, 0.2) is 5.82 Å². The Morgan fingerprint density at radius 2 is 1.86 bits per heavy atom. The maximum atomic E-state index is 12.4. The zero-order valence-electron chi connectivity index (χ0n) is 11.3. The highest BCUT2D eigenvalue weighted by atomic mass is 35.5. The van der Waals surface area contributed by atoms with Crippen molar-refractivity contribution in [1.82, 2.24) is 4.98 Å². The number of nitrogens with zero attached hydrogens (tertiary/aromatic N) is 1. The molecule has 0 saturated carbocycles. The van der Waals surface area contributed by atoms with Crippen LogP contribution >= 0.6 is 11.6 Å². The van der Waals surface area contributed by atoms with Gasteiger partial charge in [0.05, 0.1) is 9.92 Å². The summed E-state index contributed by atoms with van der Waals surface area (Å²) in [5, 5.41) is 0.277. The number of rotatable bonds is 3. The number of fused-ring (bicyclic) bond motifs is 1. The first-order valence-corrected chi connectivity index (χ1v) is 8.67. The van der Waals surface area contributed by atoms with Crippen molar-refractivity contribution in [2.75, 3.05) is 4.72 Å². The van der Waals surface area contributed by atoms with Gasteiger partial charge in [-0.1, -0.05) is 17.7 Å². The molecule has 1 heterocycles. The summed E-state index contributed by atoms with van der Waals surface area (Å²) in [5.74, 6) is 0.150. The molecule has 1 N–H and O–H groups in total. The van der Waals surface area contributed by atoms with Crippen LogP contribution in [0.1, 0.15) is 24.0 Å². The SMILES string of the molecule is O=S(=O)(Nc1ncccc1Cl)c1ccc2c(c1)CCCC2. The zero-order chi connectivity index (χ0) is 14.9. The molecular formula is C15H15ClN2O2S. The number of hydrogen-bond donors (Lipinski definition) is 1. The van der Waals surface area contributed by atoms with Crippen molar-refractivity contribution in [2.45, 2.75) is 30.6 Å².